The number of carbonyl (C=O) groups is 3. The van der Waals surface area contributed by atoms with Crippen molar-refractivity contribution in [2.45, 2.75) is 13.0 Å². The Hall–Kier alpha value is -3.29. The van der Waals surface area contributed by atoms with Crippen molar-refractivity contribution in [1.29, 1.82) is 0 Å². The quantitative estimate of drug-likeness (QED) is 0.368. The third kappa shape index (κ3) is 4.73. The van der Waals surface area contributed by atoms with Gasteiger partial charge in [-0.3, -0.25) is 0 Å². The van der Waals surface area contributed by atoms with E-state index in [-0.39, 0.29) is 22.3 Å². The predicted molar refractivity (Wildman–Crippen MR) is 114 cm³/mol. The summed E-state index contributed by atoms with van der Waals surface area (Å²) in [4.78, 5) is 40.1. The molecule has 2 aliphatic heterocycles. The number of benzene rings is 1. The van der Waals surface area contributed by atoms with Crippen LogP contribution in [0.4, 0.5) is 5.69 Å². The monoisotopic (exact) mass is 490 g/mol. The third-order valence-corrected chi connectivity index (χ3v) is 6.73. The number of ether oxygens (including phenoxy) is 3. The van der Waals surface area contributed by atoms with Crippen LogP contribution >= 0.6 is 0 Å². The Kier molecular flexibility index (Phi) is 7.33. The molecule has 1 N–H and O–H groups in total. The second-order valence-electron chi connectivity index (χ2n) is 6.30. The van der Waals surface area contributed by atoms with Crippen molar-refractivity contribution in [2.75, 3.05) is 26.1 Å². The summed E-state index contributed by atoms with van der Waals surface area (Å²) in [7, 11) is 2.50. The van der Waals surface area contributed by atoms with Crippen LogP contribution < -0.4 is 5.32 Å². The van der Waals surface area contributed by atoms with Gasteiger partial charge in [0.15, 0.2) is 0 Å². The van der Waals surface area contributed by atoms with Crippen LogP contribution in [0.1, 0.15) is 6.92 Å². The molecule has 0 aromatic heterocycles. The molecule has 0 radical (unpaired) electrons. The van der Waals surface area contributed by atoms with E-state index in [0.717, 1.165) is 5.69 Å². The molecule has 0 bridgehead atoms. The molecular weight excluding hydrogens is 467 g/mol. The van der Waals surface area contributed by atoms with E-state index in [2.05, 4.69) is 5.32 Å². The topological polar surface area (TPSA) is 94.2 Å². The van der Waals surface area contributed by atoms with Crippen LogP contribution in [-0.2, 0) is 28.6 Å². The van der Waals surface area contributed by atoms with Gasteiger partial charge in [0, 0.05) is 0 Å². The van der Waals surface area contributed by atoms with Crippen molar-refractivity contribution >= 4 is 38.6 Å². The zero-order chi connectivity index (χ0) is 22.4. The van der Waals surface area contributed by atoms with Gasteiger partial charge in [-0.25, -0.2) is 0 Å². The first kappa shape index (κ1) is 22.4. The van der Waals surface area contributed by atoms with Crippen LogP contribution in [0.2, 0.25) is 0 Å². The van der Waals surface area contributed by atoms with Crippen LogP contribution in [0.25, 0.3) is 0 Å². The van der Waals surface area contributed by atoms with Crippen LogP contribution in [0, 0.1) is 0 Å². The fourth-order valence-electron chi connectivity index (χ4n) is 3.11. The van der Waals surface area contributed by atoms with Crippen LogP contribution in [0.15, 0.2) is 75.1 Å². The normalized spacial score (nSPS) is 17.6. The third-order valence-electron chi connectivity index (χ3n) is 4.45. The van der Waals surface area contributed by atoms with E-state index < -0.39 is 38.9 Å². The molecule has 0 amide bonds. The van der Waals surface area contributed by atoms with Gasteiger partial charge in [0.1, 0.15) is 0 Å². The summed E-state index contributed by atoms with van der Waals surface area (Å²) in [5.41, 5.74) is 1.07. The van der Waals surface area contributed by atoms with E-state index in [0.29, 0.717) is 4.60 Å². The summed E-state index contributed by atoms with van der Waals surface area (Å²) < 4.78 is 15.9. The summed E-state index contributed by atoms with van der Waals surface area (Å²) in [6.45, 7) is 1.89. The van der Waals surface area contributed by atoms with Crippen molar-refractivity contribution in [3.05, 3.63) is 75.1 Å². The number of fused-ring (bicyclic) bond motifs is 1. The van der Waals surface area contributed by atoms with E-state index in [4.69, 9.17) is 14.2 Å². The molecule has 0 saturated heterocycles. The molecule has 1 aromatic rings. The number of anilines is 1. The van der Waals surface area contributed by atoms with Gasteiger partial charge in [-0.1, -0.05) is 0 Å². The fourth-order valence-corrected chi connectivity index (χ4v) is 5.50. The van der Waals surface area contributed by atoms with E-state index in [1.54, 1.807) is 36.3 Å². The van der Waals surface area contributed by atoms with Gasteiger partial charge in [0.05, 0.1) is 0 Å². The summed E-state index contributed by atoms with van der Waals surface area (Å²) in [6.07, 6.45) is 6.87. The molecule has 1 aromatic carbocycles. The number of allylic oxidation sites excluding steroid dienone is 2. The standard InChI is InChI=1S/C22H22N2O6Se/c1-4-30-21(26)17-19(23-14-10-6-5-7-11-14)31-18(22(27)29-3)16(20(25)28-2)15-12-8-9-13-24(15)17/h5-13,15,23H,4H2,1-3H3. The maximum atomic E-state index is 13.0. The van der Waals surface area contributed by atoms with E-state index in [1.165, 1.54) is 14.2 Å². The number of rotatable bonds is 6. The SMILES string of the molecule is CCOC(=O)C1=C(Nc2ccccc2)[Se]C(C(=O)OC)=C(C(=O)OC)C2C=CC=CN12. The van der Waals surface area contributed by atoms with E-state index >= 15 is 0 Å². The fraction of sp³-hybridized carbons (Fsp3) is 0.227. The maximum absolute atomic E-state index is 13.0. The number of methoxy groups -OCH3 is 2. The first-order valence-electron chi connectivity index (χ1n) is 9.47. The Bertz CT molecular complexity index is 997. The average molecular weight is 489 g/mol. The number of para-hydroxylation sites is 1. The number of hydrogen-bond donors (Lipinski definition) is 1. The molecule has 0 aliphatic carbocycles. The Labute approximate surface area is 186 Å². The van der Waals surface area contributed by atoms with Gasteiger partial charge in [-0.2, -0.15) is 0 Å². The Morgan fingerprint density at radius 2 is 1.74 bits per heavy atom. The van der Waals surface area contributed by atoms with E-state index in [1.807, 2.05) is 30.3 Å². The summed E-state index contributed by atoms with van der Waals surface area (Å²) >= 11 is -0.798. The molecule has 1 atom stereocenters. The molecule has 2 heterocycles. The zero-order valence-corrected chi connectivity index (χ0v) is 19.0. The van der Waals surface area contributed by atoms with Crippen molar-refractivity contribution < 1.29 is 28.6 Å². The summed E-state index contributed by atoms with van der Waals surface area (Å²) in [5.74, 6) is -1.88. The number of carbonyl (C=O) groups excluding carboxylic acids is 3. The average Bonchev–Trinajstić information content (AvgIpc) is 2.93. The van der Waals surface area contributed by atoms with Crippen molar-refractivity contribution in [3.8, 4) is 0 Å². The van der Waals surface area contributed by atoms with Crippen molar-refractivity contribution in [2.24, 2.45) is 0 Å². The Morgan fingerprint density at radius 3 is 2.39 bits per heavy atom. The van der Waals surface area contributed by atoms with Crippen molar-refractivity contribution in [3.63, 3.8) is 0 Å². The molecular formula is C22H22N2O6Se. The predicted octanol–water partition coefficient (Wildman–Crippen LogP) is 1.90. The van der Waals surface area contributed by atoms with Crippen LogP contribution in [-0.4, -0.2) is 64.6 Å². The van der Waals surface area contributed by atoms with Gasteiger partial charge >= 0.3 is 186 Å². The Balaban J connectivity index is 2.25. The molecule has 0 spiro atoms. The van der Waals surface area contributed by atoms with Crippen molar-refractivity contribution in [1.82, 2.24) is 4.90 Å². The second-order valence-corrected chi connectivity index (χ2v) is 8.44. The first-order valence-corrected chi connectivity index (χ1v) is 11.2. The van der Waals surface area contributed by atoms with Crippen LogP contribution in [0.3, 0.4) is 0 Å². The van der Waals surface area contributed by atoms with E-state index in [9.17, 15) is 14.4 Å². The number of nitrogens with zero attached hydrogens (tertiary/aromatic N) is 1. The molecule has 2 aliphatic rings. The Morgan fingerprint density at radius 1 is 1.03 bits per heavy atom. The van der Waals surface area contributed by atoms with Gasteiger partial charge in [-0.05, 0) is 0 Å². The minimum atomic E-state index is -0.798. The van der Waals surface area contributed by atoms with Gasteiger partial charge in [0.25, 0.3) is 0 Å². The van der Waals surface area contributed by atoms with Gasteiger partial charge < -0.3 is 0 Å². The molecule has 31 heavy (non-hydrogen) atoms. The van der Waals surface area contributed by atoms with Crippen LogP contribution in [0.5, 0.6) is 0 Å². The molecule has 162 valence electrons. The molecule has 1 unspecified atom stereocenters. The molecule has 0 fully saturated rings. The number of nitrogens with one attached hydrogen (secondary N) is 1. The second kappa shape index (κ2) is 10.1. The number of esters is 3. The molecule has 3 rings (SSSR count). The zero-order valence-electron chi connectivity index (χ0n) is 17.3. The summed E-state index contributed by atoms with van der Waals surface area (Å²) in [6, 6.07) is 8.50. The summed E-state index contributed by atoms with van der Waals surface area (Å²) in [5, 5.41) is 3.24. The molecule has 9 heteroatoms. The minimum absolute atomic E-state index is 0.126. The van der Waals surface area contributed by atoms with Gasteiger partial charge in [0.2, 0.25) is 0 Å². The molecule has 8 nitrogen and oxygen atoms in total. The number of hydrogen-bond acceptors (Lipinski definition) is 8. The van der Waals surface area contributed by atoms with Gasteiger partial charge in [-0.15, -0.1) is 0 Å². The molecule has 0 saturated carbocycles. The first-order chi connectivity index (χ1) is 15.0.